The molecule has 0 radical (unpaired) electrons. The van der Waals surface area contributed by atoms with Gasteiger partial charge in [0.25, 0.3) is 0 Å². The molecule has 1 aromatic carbocycles. The fourth-order valence-electron chi connectivity index (χ4n) is 2.26. The van der Waals surface area contributed by atoms with Crippen LogP contribution >= 0.6 is 23.6 Å². The summed E-state index contributed by atoms with van der Waals surface area (Å²) >= 11 is 6.80. The maximum absolute atomic E-state index is 12.4. The number of aromatic nitrogens is 3. The number of aromatic amines is 1. The van der Waals surface area contributed by atoms with Gasteiger partial charge in [0.2, 0.25) is 5.91 Å². The lowest BCUT2D eigenvalue weighted by atomic mass is 10.1. The molecule has 0 atom stereocenters. The van der Waals surface area contributed by atoms with Gasteiger partial charge >= 0.3 is 0 Å². The Labute approximate surface area is 143 Å². The van der Waals surface area contributed by atoms with Crippen LogP contribution in [0, 0.1) is 18.6 Å². The number of amides is 1. The van der Waals surface area contributed by atoms with E-state index in [1.165, 1.54) is 0 Å². The minimum atomic E-state index is -0.131. The minimum Gasteiger partial charge on any atom is -0.324 e. The summed E-state index contributed by atoms with van der Waals surface area (Å²) in [6.07, 6.45) is 0. The van der Waals surface area contributed by atoms with Crippen molar-refractivity contribution >= 4 is 35.1 Å². The summed E-state index contributed by atoms with van der Waals surface area (Å²) in [5.74, 6) is 0.551. The van der Waals surface area contributed by atoms with Crippen molar-refractivity contribution in [3.8, 4) is 10.7 Å². The van der Waals surface area contributed by atoms with Gasteiger partial charge in [0.05, 0.1) is 4.88 Å². The summed E-state index contributed by atoms with van der Waals surface area (Å²) in [7, 11) is 0. The third-order valence-electron chi connectivity index (χ3n) is 3.47. The highest BCUT2D eigenvalue weighted by atomic mass is 32.1. The number of hydrogen-bond acceptors (Lipinski definition) is 4. The largest absolute Gasteiger partial charge is 0.324 e. The number of carbonyl (C=O) groups excluding carboxylic acids is 1. The Morgan fingerprint density at radius 2 is 2.22 bits per heavy atom. The van der Waals surface area contributed by atoms with Gasteiger partial charge < -0.3 is 5.32 Å². The predicted octanol–water partition coefficient (Wildman–Crippen LogP) is 3.92. The van der Waals surface area contributed by atoms with Crippen LogP contribution in [0.5, 0.6) is 0 Å². The smallest absolute Gasteiger partial charge is 0.244 e. The van der Waals surface area contributed by atoms with Crippen LogP contribution in [0.1, 0.15) is 11.1 Å². The molecule has 23 heavy (non-hydrogen) atoms. The number of anilines is 1. The van der Waals surface area contributed by atoms with Crippen molar-refractivity contribution < 1.29 is 4.79 Å². The first-order chi connectivity index (χ1) is 11.0. The third kappa shape index (κ3) is 3.40. The molecule has 0 saturated carbocycles. The molecule has 7 heteroatoms. The van der Waals surface area contributed by atoms with Gasteiger partial charge in [-0.2, -0.15) is 5.10 Å². The molecule has 5 nitrogen and oxygen atoms in total. The van der Waals surface area contributed by atoms with Gasteiger partial charge in [-0.1, -0.05) is 18.2 Å². The Balaban J connectivity index is 1.83. The molecule has 0 aliphatic carbocycles. The summed E-state index contributed by atoms with van der Waals surface area (Å²) in [6, 6.07) is 9.87. The van der Waals surface area contributed by atoms with Crippen LogP contribution in [0.15, 0.2) is 35.7 Å². The Morgan fingerprint density at radius 3 is 2.96 bits per heavy atom. The zero-order valence-corrected chi connectivity index (χ0v) is 14.4. The highest BCUT2D eigenvalue weighted by Crippen LogP contribution is 2.23. The van der Waals surface area contributed by atoms with Crippen LogP contribution in [0.4, 0.5) is 5.69 Å². The molecular formula is C16H16N4OS2. The molecular weight excluding hydrogens is 328 g/mol. The molecule has 0 spiro atoms. The summed E-state index contributed by atoms with van der Waals surface area (Å²) in [5, 5.41) is 11.9. The molecule has 0 aliphatic rings. The van der Waals surface area contributed by atoms with Gasteiger partial charge in [-0.3, -0.25) is 14.5 Å². The van der Waals surface area contributed by atoms with Crippen LogP contribution in [0.2, 0.25) is 0 Å². The third-order valence-corrected chi connectivity index (χ3v) is 4.65. The quantitative estimate of drug-likeness (QED) is 0.705. The van der Waals surface area contributed by atoms with Crippen molar-refractivity contribution in [3.05, 3.63) is 51.6 Å². The summed E-state index contributed by atoms with van der Waals surface area (Å²) in [4.78, 5) is 13.4. The molecule has 0 aliphatic heterocycles. The van der Waals surface area contributed by atoms with E-state index in [4.69, 9.17) is 12.2 Å². The normalized spacial score (nSPS) is 10.7. The number of H-pyrrole nitrogens is 1. The molecule has 0 bridgehead atoms. The summed E-state index contributed by atoms with van der Waals surface area (Å²) in [6.45, 7) is 4.09. The number of benzene rings is 1. The van der Waals surface area contributed by atoms with E-state index >= 15 is 0 Å². The topological polar surface area (TPSA) is 62.7 Å². The number of thiophene rings is 1. The van der Waals surface area contributed by atoms with Gasteiger partial charge in [0.1, 0.15) is 6.54 Å². The first-order valence-electron chi connectivity index (χ1n) is 7.11. The van der Waals surface area contributed by atoms with Crippen molar-refractivity contribution in [3.63, 3.8) is 0 Å². The highest BCUT2D eigenvalue weighted by Gasteiger charge is 2.13. The monoisotopic (exact) mass is 344 g/mol. The van der Waals surface area contributed by atoms with E-state index in [9.17, 15) is 4.79 Å². The lowest BCUT2D eigenvalue weighted by Gasteiger charge is -2.10. The van der Waals surface area contributed by atoms with Gasteiger partial charge in [0.15, 0.2) is 10.6 Å². The van der Waals surface area contributed by atoms with Crippen molar-refractivity contribution in [2.75, 3.05) is 5.32 Å². The van der Waals surface area contributed by atoms with Crippen LogP contribution < -0.4 is 5.32 Å². The average molecular weight is 344 g/mol. The SMILES string of the molecule is Cc1ccc(C)c(NC(=O)Cn2c(-c3cccs3)n[nH]c2=S)c1. The van der Waals surface area contributed by atoms with Crippen LogP contribution in [0.3, 0.4) is 0 Å². The molecule has 3 rings (SSSR count). The second kappa shape index (κ2) is 6.47. The zero-order chi connectivity index (χ0) is 16.4. The number of aryl methyl sites for hydroxylation is 2. The van der Waals surface area contributed by atoms with Crippen molar-refractivity contribution in [1.82, 2.24) is 14.8 Å². The Hall–Kier alpha value is -2.25. The maximum Gasteiger partial charge on any atom is 0.244 e. The average Bonchev–Trinajstić information content (AvgIpc) is 3.14. The van der Waals surface area contributed by atoms with E-state index in [2.05, 4.69) is 15.5 Å². The van der Waals surface area contributed by atoms with Crippen LogP contribution in [-0.4, -0.2) is 20.7 Å². The standard InChI is InChI=1S/C16H16N4OS2/c1-10-5-6-11(2)12(8-10)17-14(21)9-20-15(18-19-16(20)22)13-4-3-7-23-13/h3-8H,9H2,1-2H3,(H,17,21)(H,19,22). The number of nitrogens with zero attached hydrogens (tertiary/aromatic N) is 2. The number of nitrogens with one attached hydrogen (secondary N) is 2. The van der Waals surface area contributed by atoms with E-state index < -0.39 is 0 Å². The van der Waals surface area contributed by atoms with Crippen LogP contribution in [-0.2, 0) is 11.3 Å². The molecule has 1 amide bonds. The highest BCUT2D eigenvalue weighted by molar-refractivity contribution is 7.71. The zero-order valence-electron chi connectivity index (χ0n) is 12.8. The van der Waals surface area contributed by atoms with E-state index in [1.54, 1.807) is 15.9 Å². The molecule has 0 unspecified atom stereocenters. The molecule has 2 aromatic heterocycles. The minimum absolute atomic E-state index is 0.121. The fraction of sp³-hybridized carbons (Fsp3) is 0.188. The molecule has 2 heterocycles. The second-order valence-corrected chi connectivity index (χ2v) is 6.62. The first kappa shape index (κ1) is 15.6. The molecule has 2 N–H and O–H groups in total. The summed E-state index contributed by atoms with van der Waals surface area (Å²) < 4.78 is 2.14. The lowest BCUT2D eigenvalue weighted by molar-refractivity contribution is -0.116. The molecule has 3 aromatic rings. The van der Waals surface area contributed by atoms with Crippen molar-refractivity contribution in [2.24, 2.45) is 0 Å². The first-order valence-corrected chi connectivity index (χ1v) is 8.39. The van der Waals surface area contributed by atoms with Crippen LogP contribution in [0.25, 0.3) is 10.7 Å². The van der Waals surface area contributed by atoms with E-state index in [0.29, 0.717) is 10.6 Å². The Morgan fingerprint density at radius 1 is 1.39 bits per heavy atom. The van der Waals surface area contributed by atoms with Gasteiger partial charge in [-0.25, -0.2) is 0 Å². The number of carbonyl (C=O) groups is 1. The Kier molecular flexibility index (Phi) is 4.40. The fourth-order valence-corrected chi connectivity index (χ4v) is 3.18. The van der Waals surface area contributed by atoms with Gasteiger partial charge in [-0.15, -0.1) is 11.3 Å². The van der Waals surface area contributed by atoms with E-state index in [-0.39, 0.29) is 12.5 Å². The summed E-state index contributed by atoms with van der Waals surface area (Å²) in [5.41, 5.74) is 2.95. The van der Waals surface area contributed by atoms with E-state index in [0.717, 1.165) is 21.7 Å². The maximum atomic E-state index is 12.4. The Bertz CT molecular complexity index is 893. The van der Waals surface area contributed by atoms with Gasteiger partial charge in [0, 0.05) is 5.69 Å². The lowest BCUT2D eigenvalue weighted by Crippen LogP contribution is -2.20. The number of rotatable bonds is 4. The number of hydrogen-bond donors (Lipinski definition) is 2. The molecule has 0 fully saturated rings. The predicted molar refractivity (Wildman–Crippen MR) is 95.3 cm³/mol. The van der Waals surface area contributed by atoms with E-state index in [1.807, 2.05) is 49.6 Å². The molecule has 118 valence electrons. The van der Waals surface area contributed by atoms with Gasteiger partial charge in [-0.05, 0) is 54.7 Å². The van der Waals surface area contributed by atoms with Crippen molar-refractivity contribution in [2.45, 2.75) is 20.4 Å². The molecule has 0 saturated heterocycles. The second-order valence-electron chi connectivity index (χ2n) is 5.28. The van der Waals surface area contributed by atoms with Crippen molar-refractivity contribution in [1.29, 1.82) is 0 Å².